The van der Waals surface area contributed by atoms with E-state index < -0.39 is 11.8 Å². The Morgan fingerprint density at radius 1 is 1.37 bits per heavy atom. The SMILES string of the molecule is O=C(O)c1ccc(Cl)nc1Oc1ccc(Br)c(F)c1. The lowest BCUT2D eigenvalue weighted by Crippen LogP contribution is -2.02. The fraction of sp³-hybridized carbons (Fsp3) is 0. The number of carboxylic acid groups (broad SMARTS) is 1. The van der Waals surface area contributed by atoms with Crippen LogP contribution in [0.2, 0.25) is 5.15 Å². The summed E-state index contributed by atoms with van der Waals surface area (Å²) in [6.07, 6.45) is 0. The number of benzene rings is 1. The number of aromatic nitrogens is 1. The van der Waals surface area contributed by atoms with E-state index in [1.165, 1.54) is 24.3 Å². The number of halogens is 3. The van der Waals surface area contributed by atoms with E-state index in [4.69, 9.17) is 21.4 Å². The summed E-state index contributed by atoms with van der Waals surface area (Å²) >= 11 is 8.68. The third-order valence-electron chi connectivity index (χ3n) is 2.16. The van der Waals surface area contributed by atoms with Crippen LogP contribution in [0.5, 0.6) is 11.6 Å². The van der Waals surface area contributed by atoms with Crippen LogP contribution in [0.25, 0.3) is 0 Å². The van der Waals surface area contributed by atoms with Crippen LogP contribution in [0.3, 0.4) is 0 Å². The summed E-state index contributed by atoms with van der Waals surface area (Å²) in [4.78, 5) is 14.8. The van der Waals surface area contributed by atoms with Gasteiger partial charge in [0.25, 0.3) is 0 Å². The number of pyridine rings is 1. The van der Waals surface area contributed by atoms with E-state index in [0.29, 0.717) is 0 Å². The molecule has 1 aromatic heterocycles. The van der Waals surface area contributed by atoms with Crippen LogP contribution in [0, 0.1) is 5.82 Å². The molecule has 1 N–H and O–H groups in total. The van der Waals surface area contributed by atoms with E-state index in [0.717, 1.165) is 6.07 Å². The van der Waals surface area contributed by atoms with Gasteiger partial charge in [0.1, 0.15) is 22.3 Å². The smallest absolute Gasteiger partial charge is 0.341 e. The molecule has 1 heterocycles. The summed E-state index contributed by atoms with van der Waals surface area (Å²) in [6.45, 7) is 0. The van der Waals surface area contributed by atoms with Gasteiger partial charge in [-0.3, -0.25) is 0 Å². The van der Waals surface area contributed by atoms with Crippen molar-refractivity contribution in [3.63, 3.8) is 0 Å². The molecule has 0 fully saturated rings. The summed E-state index contributed by atoms with van der Waals surface area (Å²) in [5.74, 6) is -1.81. The molecule has 0 unspecified atom stereocenters. The Bertz CT molecular complexity index is 651. The molecule has 2 aromatic rings. The first kappa shape index (κ1) is 13.8. The molecule has 0 aliphatic carbocycles. The van der Waals surface area contributed by atoms with Crippen molar-refractivity contribution in [3.05, 3.63) is 51.3 Å². The van der Waals surface area contributed by atoms with Crippen molar-refractivity contribution in [1.82, 2.24) is 4.98 Å². The van der Waals surface area contributed by atoms with Gasteiger partial charge >= 0.3 is 5.97 Å². The highest BCUT2D eigenvalue weighted by Gasteiger charge is 2.15. The molecule has 4 nitrogen and oxygen atoms in total. The number of rotatable bonds is 3. The topological polar surface area (TPSA) is 59.4 Å². The number of hydrogen-bond acceptors (Lipinski definition) is 3. The van der Waals surface area contributed by atoms with Crippen molar-refractivity contribution < 1.29 is 19.0 Å². The minimum absolute atomic E-state index is 0.0811. The van der Waals surface area contributed by atoms with Gasteiger partial charge in [0, 0.05) is 6.07 Å². The lowest BCUT2D eigenvalue weighted by Gasteiger charge is -2.08. The summed E-state index contributed by atoms with van der Waals surface area (Å²) in [5, 5.41) is 9.07. The fourth-order valence-electron chi connectivity index (χ4n) is 1.31. The van der Waals surface area contributed by atoms with E-state index in [2.05, 4.69) is 20.9 Å². The monoisotopic (exact) mass is 345 g/mol. The summed E-state index contributed by atoms with van der Waals surface area (Å²) in [6, 6.07) is 6.62. The highest BCUT2D eigenvalue weighted by molar-refractivity contribution is 9.10. The lowest BCUT2D eigenvalue weighted by molar-refractivity contribution is 0.0693. The molecule has 0 atom stereocenters. The zero-order valence-corrected chi connectivity index (χ0v) is 11.6. The number of hydrogen-bond donors (Lipinski definition) is 1. The Hall–Kier alpha value is -1.66. The van der Waals surface area contributed by atoms with Crippen LogP contribution in [0.4, 0.5) is 4.39 Å². The maximum absolute atomic E-state index is 13.3. The Labute approximate surface area is 120 Å². The molecule has 7 heteroatoms. The fourth-order valence-corrected chi connectivity index (χ4v) is 1.70. The Morgan fingerprint density at radius 2 is 2.11 bits per heavy atom. The molecular formula is C12H6BrClFNO3. The van der Waals surface area contributed by atoms with Gasteiger partial charge in [-0.05, 0) is 40.2 Å². The molecule has 0 bridgehead atoms. The first-order valence-electron chi connectivity index (χ1n) is 5.00. The summed E-state index contributed by atoms with van der Waals surface area (Å²) < 4.78 is 18.9. The molecule has 0 saturated heterocycles. The number of nitrogens with zero attached hydrogens (tertiary/aromatic N) is 1. The molecule has 98 valence electrons. The van der Waals surface area contributed by atoms with Crippen LogP contribution in [-0.4, -0.2) is 16.1 Å². The maximum atomic E-state index is 13.3. The highest BCUT2D eigenvalue weighted by Crippen LogP contribution is 2.27. The standard InChI is InChI=1S/C12H6BrClFNO3/c13-8-3-1-6(5-9(8)15)19-11-7(12(17)18)2-4-10(14)16-11/h1-5H,(H,17,18). The van der Waals surface area contributed by atoms with Gasteiger partial charge in [0.2, 0.25) is 5.88 Å². The van der Waals surface area contributed by atoms with Crippen LogP contribution in [-0.2, 0) is 0 Å². The Balaban J connectivity index is 2.39. The van der Waals surface area contributed by atoms with E-state index in [9.17, 15) is 9.18 Å². The molecule has 19 heavy (non-hydrogen) atoms. The maximum Gasteiger partial charge on any atom is 0.341 e. The van der Waals surface area contributed by atoms with Crippen LogP contribution >= 0.6 is 27.5 Å². The second-order valence-electron chi connectivity index (χ2n) is 3.47. The van der Waals surface area contributed by atoms with Crippen molar-refractivity contribution >= 4 is 33.5 Å². The van der Waals surface area contributed by atoms with Crippen molar-refractivity contribution in [1.29, 1.82) is 0 Å². The van der Waals surface area contributed by atoms with Gasteiger partial charge in [0.05, 0.1) is 4.47 Å². The Morgan fingerprint density at radius 3 is 2.74 bits per heavy atom. The number of ether oxygens (including phenoxy) is 1. The lowest BCUT2D eigenvalue weighted by atomic mass is 10.3. The predicted molar refractivity (Wildman–Crippen MR) is 70.4 cm³/mol. The highest BCUT2D eigenvalue weighted by atomic mass is 79.9. The van der Waals surface area contributed by atoms with Gasteiger partial charge in [-0.15, -0.1) is 0 Å². The third kappa shape index (κ3) is 3.21. The Kier molecular flexibility index (Phi) is 4.01. The third-order valence-corrected chi connectivity index (χ3v) is 3.02. The van der Waals surface area contributed by atoms with Crippen molar-refractivity contribution in [2.45, 2.75) is 0 Å². The van der Waals surface area contributed by atoms with E-state index >= 15 is 0 Å². The largest absolute Gasteiger partial charge is 0.477 e. The van der Waals surface area contributed by atoms with Crippen LogP contribution < -0.4 is 4.74 Å². The van der Waals surface area contributed by atoms with Crippen LogP contribution in [0.1, 0.15) is 10.4 Å². The summed E-state index contributed by atoms with van der Waals surface area (Å²) in [7, 11) is 0. The normalized spacial score (nSPS) is 10.3. The molecule has 2 rings (SSSR count). The molecule has 0 radical (unpaired) electrons. The van der Waals surface area contributed by atoms with Gasteiger partial charge in [0.15, 0.2) is 0 Å². The van der Waals surface area contributed by atoms with E-state index in [-0.39, 0.29) is 26.8 Å². The molecule has 0 aliphatic rings. The van der Waals surface area contributed by atoms with E-state index in [1.807, 2.05) is 0 Å². The number of carbonyl (C=O) groups is 1. The average molecular weight is 347 g/mol. The zero-order valence-electron chi connectivity index (χ0n) is 9.23. The first-order chi connectivity index (χ1) is 8.97. The second kappa shape index (κ2) is 5.54. The number of aromatic carboxylic acids is 1. The zero-order chi connectivity index (χ0) is 14.0. The van der Waals surface area contributed by atoms with Crippen LogP contribution in [0.15, 0.2) is 34.8 Å². The average Bonchev–Trinajstić information content (AvgIpc) is 2.33. The second-order valence-corrected chi connectivity index (χ2v) is 4.71. The number of carboxylic acids is 1. The van der Waals surface area contributed by atoms with Crippen molar-refractivity contribution in [2.24, 2.45) is 0 Å². The minimum Gasteiger partial charge on any atom is -0.477 e. The molecular weight excluding hydrogens is 340 g/mol. The summed E-state index contributed by atoms with van der Waals surface area (Å²) in [5.41, 5.74) is -0.160. The molecule has 0 aliphatic heterocycles. The van der Waals surface area contributed by atoms with Gasteiger partial charge in [-0.1, -0.05) is 11.6 Å². The predicted octanol–water partition coefficient (Wildman–Crippen LogP) is 4.13. The van der Waals surface area contributed by atoms with Gasteiger partial charge in [-0.25, -0.2) is 14.2 Å². The van der Waals surface area contributed by atoms with E-state index in [1.54, 1.807) is 0 Å². The molecule has 0 saturated carbocycles. The van der Waals surface area contributed by atoms with Crippen molar-refractivity contribution in [2.75, 3.05) is 0 Å². The molecule has 0 spiro atoms. The first-order valence-corrected chi connectivity index (χ1v) is 6.17. The van der Waals surface area contributed by atoms with Gasteiger partial charge in [-0.2, -0.15) is 0 Å². The minimum atomic E-state index is -1.21. The van der Waals surface area contributed by atoms with Gasteiger partial charge < -0.3 is 9.84 Å². The molecule has 1 aromatic carbocycles. The van der Waals surface area contributed by atoms with Crippen molar-refractivity contribution in [3.8, 4) is 11.6 Å². The molecule has 0 amide bonds. The quantitative estimate of drug-likeness (QED) is 0.849.